The van der Waals surface area contributed by atoms with Gasteiger partial charge in [0.15, 0.2) is 11.0 Å². The molecule has 32 heavy (non-hydrogen) atoms. The molecule has 1 heterocycles. The summed E-state index contributed by atoms with van der Waals surface area (Å²) in [5.74, 6) is 1.07. The number of halogens is 1. The van der Waals surface area contributed by atoms with Crippen molar-refractivity contribution in [1.82, 2.24) is 25.4 Å². The van der Waals surface area contributed by atoms with Crippen LogP contribution in [0.1, 0.15) is 74.6 Å². The van der Waals surface area contributed by atoms with Gasteiger partial charge in [-0.3, -0.25) is 9.59 Å². The van der Waals surface area contributed by atoms with Crippen LogP contribution in [0.25, 0.3) is 0 Å². The maximum atomic E-state index is 12.8. The average Bonchev–Trinajstić information content (AvgIpc) is 3.12. The average molecular weight is 478 g/mol. The highest BCUT2D eigenvalue weighted by Crippen LogP contribution is 2.25. The molecule has 1 atom stereocenters. The number of benzene rings is 1. The summed E-state index contributed by atoms with van der Waals surface area (Å²) in [6.45, 7) is 4.19. The van der Waals surface area contributed by atoms with Gasteiger partial charge in [-0.25, -0.2) is 0 Å². The minimum Gasteiger partial charge on any atom is -0.353 e. The normalized spacial score (nSPS) is 15.5. The van der Waals surface area contributed by atoms with E-state index in [-0.39, 0.29) is 17.9 Å². The fraction of sp³-hybridized carbons (Fsp3) is 0.565. The molecule has 0 spiro atoms. The summed E-state index contributed by atoms with van der Waals surface area (Å²) >= 11 is 7.56. The summed E-state index contributed by atoms with van der Waals surface area (Å²) in [5, 5.41) is 15.9. The van der Waals surface area contributed by atoms with Crippen LogP contribution in [-0.2, 0) is 11.8 Å². The Kier molecular flexibility index (Phi) is 8.99. The predicted octanol–water partition coefficient (Wildman–Crippen LogP) is 4.53. The molecule has 0 saturated heterocycles. The number of thioether (sulfide) groups is 1. The Morgan fingerprint density at radius 3 is 2.59 bits per heavy atom. The van der Waals surface area contributed by atoms with Gasteiger partial charge in [0.25, 0.3) is 5.91 Å². The molecule has 7 nitrogen and oxygen atoms in total. The van der Waals surface area contributed by atoms with Gasteiger partial charge in [0, 0.05) is 13.1 Å². The molecule has 9 heteroatoms. The van der Waals surface area contributed by atoms with Crippen molar-refractivity contribution in [2.75, 3.05) is 5.75 Å². The largest absolute Gasteiger partial charge is 0.353 e. The molecule has 0 unspecified atom stereocenters. The number of aromatic nitrogens is 3. The Morgan fingerprint density at radius 2 is 1.91 bits per heavy atom. The number of hydrogen-bond donors (Lipinski definition) is 2. The van der Waals surface area contributed by atoms with E-state index in [9.17, 15) is 9.59 Å². The second-order valence-corrected chi connectivity index (χ2v) is 10.1. The predicted molar refractivity (Wildman–Crippen MR) is 128 cm³/mol. The maximum Gasteiger partial charge on any atom is 0.253 e. The minimum atomic E-state index is -0.318. The van der Waals surface area contributed by atoms with Gasteiger partial charge >= 0.3 is 0 Å². The molecule has 1 fully saturated rings. The number of carbonyl (C=O) groups is 2. The minimum absolute atomic E-state index is 0.0252. The number of nitrogens with one attached hydrogen (secondary N) is 2. The first kappa shape index (κ1) is 24.6. The van der Waals surface area contributed by atoms with Crippen molar-refractivity contribution in [2.24, 2.45) is 13.0 Å². The number of hydrogen-bond acceptors (Lipinski definition) is 5. The highest BCUT2D eigenvalue weighted by Gasteiger charge is 2.24. The second kappa shape index (κ2) is 11.7. The number of nitrogens with zero attached hydrogens (tertiary/aromatic N) is 3. The third-order valence-corrected chi connectivity index (χ3v) is 6.96. The molecular weight excluding hydrogens is 446 g/mol. The number of amides is 2. The Morgan fingerprint density at radius 1 is 1.19 bits per heavy atom. The molecule has 2 amide bonds. The van der Waals surface area contributed by atoms with Crippen LogP contribution in [0.2, 0.25) is 5.02 Å². The number of carbonyl (C=O) groups excluding carboxylic acids is 2. The lowest BCUT2D eigenvalue weighted by Gasteiger charge is -2.22. The van der Waals surface area contributed by atoms with Gasteiger partial charge in [-0.1, -0.05) is 68.6 Å². The van der Waals surface area contributed by atoms with Crippen LogP contribution >= 0.6 is 23.4 Å². The molecule has 1 saturated carbocycles. The molecule has 1 aromatic heterocycles. The lowest BCUT2D eigenvalue weighted by atomic mass is 9.95. The Labute approximate surface area is 199 Å². The molecular formula is C23H32ClN5O2S. The van der Waals surface area contributed by atoms with E-state index in [4.69, 9.17) is 11.6 Å². The Hall–Kier alpha value is -2.06. The van der Waals surface area contributed by atoms with E-state index in [1.54, 1.807) is 24.3 Å². The second-order valence-electron chi connectivity index (χ2n) is 8.73. The highest BCUT2D eigenvalue weighted by molar-refractivity contribution is 7.99. The van der Waals surface area contributed by atoms with Gasteiger partial charge in [0.1, 0.15) is 0 Å². The van der Waals surface area contributed by atoms with Gasteiger partial charge in [0.05, 0.1) is 22.4 Å². The molecule has 1 aromatic carbocycles. The number of rotatable bonds is 9. The molecule has 0 bridgehead atoms. The quantitative estimate of drug-likeness (QED) is 0.518. The third-order valence-electron chi connectivity index (χ3n) is 5.61. The molecule has 3 rings (SSSR count). The van der Waals surface area contributed by atoms with Gasteiger partial charge in [-0.15, -0.1) is 10.2 Å². The van der Waals surface area contributed by atoms with Crippen LogP contribution < -0.4 is 10.6 Å². The molecule has 174 valence electrons. The van der Waals surface area contributed by atoms with Crippen molar-refractivity contribution in [1.29, 1.82) is 0 Å². The monoisotopic (exact) mass is 477 g/mol. The Bertz CT molecular complexity index is 927. The van der Waals surface area contributed by atoms with Crippen molar-refractivity contribution < 1.29 is 9.59 Å². The molecule has 1 aliphatic rings. The van der Waals surface area contributed by atoms with E-state index in [1.807, 2.05) is 11.6 Å². The molecule has 2 N–H and O–H groups in total. The first-order valence-corrected chi connectivity index (χ1v) is 12.6. The van der Waals surface area contributed by atoms with E-state index in [1.165, 1.54) is 31.0 Å². The van der Waals surface area contributed by atoms with E-state index >= 15 is 0 Å². The van der Waals surface area contributed by atoms with Gasteiger partial charge < -0.3 is 15.2 Å². The topological polar surface area (TPSA) is 88.9 Å². The Balaban J connectivity index is 1.65. The first-order valence-electron chi connectivity index (χ1n) is 11.2. The van der Waals surface area contributed by atoms with E-state index < -0.39 is 0 Å². The summed E-state index contributed by atoms with van der Waals surface area (Å²) < 4.78 is 1.86. The van der Waals surface area contributed by atoms with Crippen molar-refractivity contribution >= 4 is 35.2 Å². The van der Waals surface area contributed by atoms with Gasteiger partial charge in [0.2, 0.25) is 5.91 Å². The zero-order chi connectivity index (χ0) is 23.1. The zero-order valence-electron chi connectivity index (χ0n) is 18.9. The third kappa shape index (κ3) is 6.72. The smallest absolute Gasteiger partial charge is 0.253 e. The molecule has 2 aromatic rings. The highest BCUT2D eigenvalue weighted by atomic mass is 35.5. The van der Waals surface area contributed by atoms with Gasteiger partial charge in [-0.2, -0.15) is 0 Å². The van der Waals surface area contributed by atoms with E-state index in [0.29, 0.717) is 45.7 Å². The first-order chi connectivity index (χ1) is 15.3. The molecule has 0 aliphatic heterocycles. The lowest BCUT2D eigenvalue weighted by molar-refractivity contribution is -0.119. The van der Waals surface area contributed by atoms with E-state index in [0.717, 1.165) is 12.8 Å². The van der Waals surface area contributed by atoms with Gasteiger partial charge in [-0.05, 0) is 37.3 Å². The molecule has 1 aliphatic carbocycles. The summed E-state index contributed by atoms with van der Waals surface area (Å²) in [4.78, 5) is 25.2. The summed E-state index contributed by atoms with van der Waals surface area (Å²) in [6, 6.07) is 6.95. The molecule has 0 radical (unpaired) electrons. The van der Waals surface area contributed by atoms with Crippen LogP contribution in [0.5, 0.6) is 0 Å². The van der Waals surface area contributed by atoms with Crippen molar-refractivity contribution in [3.63, 3.8) is 0 Å². The van der Waals surface area contributed by atoms with Crippen molar-refractivity contribution in [2.45, 2.75) is 69.6 Å². The summed E-state index contributed by atoms with van der Waals surface area (Å²) in [5.41, 5.74) is 0.430. The fourth-order valence-electron chi connectivity index (χ4n) is 3.98. The van der Waals surface area contributed by atoms with Crippen LogP contribution in [0.4, 0.5) is 0 Å². The maximum absolute atomic E-state index is 12.8. The zero-order valence-corrected chi connectivity index (χ0v) is 20.5. The van der Waals surface area contributed by atoms with Crippen LogP contribution in [-0.4, -0.2) is 38.4 Å². The van der Waals surface area contributed by atoms with Crippen LogP contribution in [0.3, 0.4) is 0 Å². The van der Waals surface area contributed by atoms with E-state index in [2.05, 4.69) is 34.7 Å². The standard InChI is InChI=1S/C23H32ClN5O2S/c1-15(2)13-19(26-22(31)17-11-7-8-12-18(17)24)21-27-28-23(29(21)3)32-14-20(30)25-16-9-5-4-6-10-16/h7-8,11-12,15-16,19H,4-6,9-10,13-14H2,1-3H3,(H,25,30)(H,26,31)/t19-/m1/s1. The SMILES string of the molecule is CC(C)C[C@@H](NC(=O)c1ccccc1Cl)c1nnc(SCC(=O)NC2CCCCC2)n1C. The van der Waals surface area contributed by atoms with Crippen LogP contribution in [0.15, 0.2) is 29.4 Å². The lowest BCUT2D eigenvalue weighted by Crippen LogP contribution is -2.37. The summed E-state index contributed by atoms with van der Waals surface area (Å²) in [7, 11) is 1.87. The summed E-state index contributed by atoms with van der Waals surface area (Å²) in [6.07, 6.45) is 6.45. The van der Waals surface area contributed by atoms with Crippen molar-refractivity contribution in [3.8, 4) is 0 Å². The van der Waals surface area contributed by atoms with Crippen molar-refractivity contribution in [3.05, 3.63) is 40.7 Å². The van der Waals surface area contributed by atoms with Crippen LogP contribution in [0, 0.1) is 5.92 Å². The fourth-order valence-corrected chi connectivity index (χ4v) is 4.93.